The summed E-state index contributed by atoms with van der Waals surface area (Å²) in [6, 6.07) is 29.6. The number of aromatic nitrogens is 3. The Labute approximate surface area is 228 Å². The summed E-state index contributed by atoms with van der Waals surface area (Å²) in [4.78, 5) is 15.9. The maximum atomic E-state index is 14.0. The third kappa shape index (κ3) is 4.56. The van der Waals surface area contributed by atoms with Gasteiger partial charge in [0.05, 0.1) is 36.3 Å². The van der Waals surface area contributed by atoms with Crippen LogP contribution < -0.4 is 10.1 Å². The summed E-state index contributed by atoms with van der Waals surface area (Å²) in [5, 5.41) is 8.06. The van der Waals surface area contributed by atoms with Crippen LogP contribution in [0.1, 0.15) is 41.0 Å². The van der Waals surface area contributed by atoms with E-state index in [4.69, 9.17) is 9.84 Å². The molecule has 5 aromatic rings. The van der Waals surface area contributed by atoms with Gasteiger partial charge >= 0.3 is 6.03 Å². The van der Waals surface area contributed by atoms with Gasteiger partial charge < -0.3 is 19.5 Å². The summed E-state index contributed by atoms with van der Waals surface area (Å²) in [6.45, 7) is 7.01. The number of amides is 2. The lowest BCUT2D eigenvalue weighted by atomic mass is 10.0. The summed E-state index contributed by atoms with van der Waals surface area (Å²) in [7, 11) is 0. The van der Waals surface area contributed by atoms with E-state index in [2.05, 4.69) is 22.1 Å². The van der Waals surface area contributed by atoms with E-state index in [1.807, 2.05) is 115 Å². The minimum atomic E-state index is -0.336. The van der Waals surface area contributed by atoms with Crippen LogP contribution >= 0.6 is 0 Å². The number of hydrogen-bond acceptors (Lipinski definition) is 3. The van der Waals surface area contributed by atoms with Gasteiger partial charge in [-0.25, -0.2) is 9.48 Å². The van der Waals surface area contributed by atoms with Gasteiger partial charge in [-0.3, -0.25) is 0 Å². The van der Waals surface area contributed by atoms with E-state index < -0.39 is 0 Å². The number of carbonyl (C=O) groups excluding carboxylic acids is 1. The Morgan fingerprint density at radius 2 is 1.69 bits per heavy atom. The van der Waals surface area contributed by atoms with Crippen molar-refractivity contribution in [1.82, 2.24) is 19.2 Å². The van der Waals surface area contributed by atoms with Crippen LogP contribution in [-0.4, -0.2) is 31.9 Å². The molecule has 3 heterocycles. The Balaban J connectivity index is 1.50. The fraction of sp³-hybridized carbons (Fsp3) is 0.188. The summed E-state index contributed by atoms with van der Waals surface area (Å²) in [5.74, 6) is 1.75. The zero-order valence-electron chi connectivity index (χ0n) is 22.3. The highest BCUT2D eigenvalue weighted by Crippen LogP contribution is 2.39. The molecule has 39 heavy (non-hydrogen) atoms. The van der Waals surface area contributed by atoms with Crippen molar-refractivity contribution in [3.63, 3.8) is 0 Å². The van der Waals surface area contributed by atoms with E-state index in [-0.39, 0.29) is 12.1 Å². The second-order valence-corrected chi connectivity index (χ2v) is 9.77. The molecule has 0 spiro atoms. The molecule has 1 atom stereocenters. The average Bonchev–Trinajstić information content (AvgIpc) is 3.51. The van der Waals surface area contributed by atoms with Crippen LogP contribution in [0, 0.1) is 13.8 Å². The molecule has 0 aliphatic carbocycles. The zero-order valence-corrected chi connectivity index (χ0v) is 22.3. The predicted octanol–water partition coefficient (Wildman–Crippen LogP) is 6.82. The maximum Gasteiger partial charge on any atom is 0.322 e. The Kier molecular flexibility index (Phi) is 6.40. The topological polar surface area (TPSA) is 64.3 Å². The zero-order chi connectivity index (χ0) is 26.9. The van der Waals surface area contributed by atoms with Crippen LogP contribution in [0.15, 0.2) is 97.2 Å². The fourth-order valence-corrected chi connectivity index (χ4v) is 5.25. The van der Waals surface area contributed by atoms with E-state index in [1.165, 1.54) is 0 Å². The minimum absolute atomic E-state index is 0.176. The highest BCUT2D eigenvalue weighted by molar-refractivity contribution is 5.90. The maximum absolute atomic E-state index is 14.0. The van der Waals surface area contributed by atoms with Crippen molar-refractivity contribution >= 4 is 11.7 Å². The number of aryl methyl sites for hydroxylation is 2. The molecule has 1 aliphatic heterocycles. The van der Waals surface area contributed by atoms with Gasteiger partial charge in [0.15, 0.2) is 0 Å². The smallest absolute Gasteiger partial charge is 0.322 e. The summed E-state index contributed by atoms with van der Waals surface area (Å²) < 4.78 is 9.85. The van der Waals surface area contributed by atoms with Crippen LogP contribution in [0.3, 0.4) is 0 Å². The molecule has 2 aromatic heterocycles. The van der Waals surface area contributed by atoms with Gasteiger partial charge in [0.1, 0.15) is 11.6 Å². The molecule has 7 heteroatoms. The van der Waals surface area contributed by atoms with Gasteiger partial charge in [-0.15, -0.1) is 0 Å². The molecule has 1 aliphatic rings. The van der Waals surface area contributed by atoms with Crippen molar-refractivity contribution in [2.45, 2.75) is 33.4 Å². The van der Waals surface area contributed by atoms with E-state index in [0.29, 0.717) is 13.2 Å². The number of ether oxygens (including phenoxy) is 1. The van der Waals surface area contributed by atoms with Crippen LogP contribution in [0.5, 0.6) is 5.75 Å². The van der Waals surface area contributed by atoms with Crippen molar-refractivity contribution < 1.29 is 9.53 Å². The molecule has 0 radical (unpaired) electrons. The third-order valence-corrected chi connectivity index (χ3v) is 7.16. The van der Waals surface area contributed by atoms with E-state index in [0.717, 1.165) is 51.0 Å². The van der Waals surface area contributed by atoms with Gasteiger partial charge in [0.2, 0.25) is 0 Å². The van der Waals surface area contributed by atoms with Crippen molar-refractivity contribution in [1.29, 1.82) is 0 Å². The Morgan fingerprint density at radius 3 is 2.41 bits per heavy atom. The number of anilines is 1. The van der Waals surface area contributed by atoms with Gasteiger partial charge in [-0.2, -0.15) is 5.10 Å². The first-order valence-electron chi connectivity index (χ1n) is 13.2. The number of para-hydroxylation sites is 1. The Bertz CT molecular complexity index is 1600. The molecule has 0 saturated heterocycles. The van der Waals surface area contributed by atoms with E-state index in [1.54, 1.807) is 0 Å². The molecule has 0 bridgehead atoms. The first-order valence-corrected chi connectivity index (χ1v) is 13.2. The standard InChI is InChI=1S/C32H31N5O2/c1-4-39-27-18-14-24(15-19-27)30-29-11-8-20-35(29)31-28(23(3)34-37(31)26-9-6-5-7-10-26)21-36(30)32(38)33-25-16-12-22(2)13-17-25/h5-20,30H,4,21H2,1-3H3,(H,33,38)/t30-/m0/s1. The highest BCUT2D eigenvalue weighted by atomic mass is 16.5. The third-order valence-electron chi connectivity index (χ3n) is 7.16. The molecule has 0 saturated carbocycles. The first-order chi connectivity index (χ1) is 19.0. The number of carbonyl (C=O) groups is 1. The molecule has 1 N–H and O–H groups in total. The Morgan fingerprint density at radius 1 is 0.949 bits per heavy atom. The molecule has 6 rings (SSSR count). The van der Waals surface area contributed by atoms with Crippen molar-refractivity contribution in [3.8, 4) is 17.3 Å². The number of benzene rings is 3. The molecule has 2 amide bonds. The fourth-order valence-electron chi connectivity index (χ4n) is 5.25. The molecule has 3 aromatic carbocycles. The summed E-state index contributed by atoms with van der Waals surface area (Å²) >= 11 is 0. The molecule has 0 unspecified atom stereocenters. The quantitative estimate of drug-likeness (QED) is 0.278. The monoisotopic (exact) mass is 517 g/mol. The largest absolute Gasteiger partial charge is 0.494 e. The number of rotatable bonds is 5. The van der Waals surface area contributed by atoms with Crippen LogP contribution in [0.4, 0.5) is 10.5 Å². The molecular weight excluding hydrogens is 486 g/mol. The number of nitrogens with one attached hydrogen (secondary N) is 1. The van der Waals surface area contributed by atoms with Gasteiger partial charge in [-0.1, -0.05) is 48.0 Å². The molecular formula is C32H31N5O2. The Hall–Kier alpha value is -4.78. The van der Waals surface area contributed by atoms with Crippen molar-refractivity contribution in [3.05, 3.63) is 125 Å². The number of hydrogen-bond donors (Lipinski definition) is 1. The number of nitrogens with zero attached hydrogens (tertiary/aromatic N) is 4. The number of fused-ring (bicyclic) bond motifs is 3. The van der Waals surface area contributed by atoms with E-state index in [9.17, 15) is 4.79 Å². The second-order valence-electron chi connectivity index (χ2n) is 9.77. The highest BCUT2D eigenvalue weighted by Gasteiger charge is 2.36. The van der Waals surface area contributed by atoms with Gasteiger partial charge in [0, 0.05) is 17.4 Å². The van der Waals surface area contributed by atoms with Crippen LogP contribution in [0.25, 0.3) is 11.5 Å². The average molecular weight is 518 g/mol. The van der Waals surface area contributed by atoms with Crippen molar-refractivity contribution in [2.75, 3.05) is 11.9 Å². The minimum Gasteiger partial charge on any atom is -0.494 e. The molecule has 7 nitrogen and oxygen atoms in total. The lowest BCUT2D eigenvalue weighted by Crippen LogP contribution is -2.38. The van der Waals surface area contributed by atoms with Crippen LogP contribution in [-0.2, 0) is 6.54 Å². The SMILES string of the molecule is CCOc1ccc([C@H]2c3cccn3-c3c(c(C)nn3-c3ccccc3)CN2C(=O)Nc2ccc(C)cc2)cc1. The normalized spacial score (nSPS) is 14.3. The van der Waals surface area contributed by atoms with Gasteiger partial charge in [0.25, 0.3) is 0 Å². The predicted molar refractivity (Wildman–Crippen MR) is 153 cm³/mol. The lowest BCUT2D eigenvalue weighted by Gasteiger charge is -2.31. The second kappa shape index (κ2) is 10.2. The summed E-state index contributed by atoms with van der Waals surface area (Å²) in [6.07, 6.45) is 2.05. The molecule has 0 fully saturated rings. The lowest BCUT2D eigenvalue weighted by molar-refractivity contribution is 0.194. The van der Waals surface area contributed by atoms with E-state index >= 15 is 0 Å². The summed E-state index contributed by atoms with van der Waals surface area (Å²) in [5.41, 5.74) is 6.73. The van der Waals surface area contributed by atoms with Crippen LogP contribution in [0.2, 0.25) is 0 Å². The van der Waals surface area contributed by atoms with Gasteiger partial charge in [-0.05, 0) is 74.9 Å². The van der Waals surface area contributed by atoms with Crippen molar-refractivity contribution in [2.24, 2.45) is 0 Å². The number of urea groups is 1. The molecule has 196 valence electrons. The first kappa shape index (κ1) is 24.6.